The zero-order valence-corrected chi connectivity index (χ0v) is 16.1. The molecule has 5 heteroatoms. The number of aryl methyl sites for hydroxylation is 1. The highest BCUT2D eigenvalue weighted by molar-refractivity contribution is 5.91. The van der Waals surface area contributed by atoms with Crippen molar-refractivity contribution in [3.05, 3.63) is 65.2 Å². The number of benzene rings is 2. The van der Waals surface area contributed by atoms with Crippen LogP contribution in [0, 0.1) is 12.8 Å². The number of methoxy groups -OCH3 is 1. The number of esters is 1. The molecule has 0 spiro atoms. The van der Waals surface area contributed by atoms with Crippen LogP contribution < -0.4 is 14.8 Å². The molecule has 0 bridgehead atoms. The molecule has 5 nitrogen and oxygen atoms in total. The van der Waals surface area contributed by atoms with Crippen LogP contribution in [0.4, 0.5) is 0 Å². The van der Waals surface area contributed by atoms with Gasteiger partial charge in [-0.2, -0.15) is 0 Å². The van der Waals surface area contributed by atoms with Gasteiger partial charge >= 0.3 is 5.97 Å². The van der Waals surface area contributed by atoms with Gasteiger partial charge in [0.15, 0.2) is 11.5 Å². The molecule has 0 unspecified atom stereocenters. The quantitative estimate of drug-likeness (QED) is 0.458. The third kappa shape index (κ3) is 5.99. The van der Waals surface area contributed by atoms with Crippen molar-refractivity contribution < 1.29 is 19.1 Å². The van der Waals surface area contributed by atoms with E-state index in [0.717, 1.165) is 16.7 Å². The van der Waals surface area contributed by atoms with Gasteiger partial charge < -0.3 is 14.8 Å². The molecule has 2 aromatic carbocycles. The fourth-order valence-electron chi connectivity index (χ4n) is 2.32. The van der Waals surface area contributed by atoms with Crippen molar-refractivity contribution >= 4 is 18.0 Å². The van der Waals surface area contributed by atoms with Gasteiger partial charge in [-0.3, -0.25) is 9.59 Å². The SMILES string of the molecule is COc1cc(/C=C/C(=O)NCc2ccccc2C)ccc1OC(=O)C(C)C. The van der Waals surface area contributed by atoms with Crippen molar-refractivity contribution in [2.45, 2.75) is 27.3 Å². The fourth-order valence-corrected chi connectivity index (χ4v) is 2.32. The van der Waals surface area contributed by atoms with E-state index >= 15 is 0 Å². The number of nitrogens with one attached hydrogen (secondary N) is 1. The second-order valence-electron chi connectivity index (χ2n) is 6.46. The van der Waals surface area contributed by atoms with Crippen LogP contribution in [-0.4, -0.2) is 19.0 Å². The normalized spacial score (nSPS) is 10.9. The third-order valence-electron chi connectivity index (χ3n) is 4.01. The van der Waals surface area contributed by atoms with Gasteiger partial charge in [0.2, 0.25) is 5.91 Å². The Hall–Kier alpha value is -3.08. The Morgan fingerprint density at radius 1 is 1.11 bits per heavy atom. The number of carbonyl (C=O) groups excluding carboxylic acids is 2. The number of rotatable bonds is 7. The number of hydrogen-bond acceptors (Lipinski definition) is 4. The zero-order valence-electron chi connectivity index (χ0n) is 16.1. The Morgan fingerprint density at radius 3 is 2.52 bits per heavy atom. The molecule has 0 fully saturated rings. The van der Waals surface area contributed by atoms with Gasteiger partial charge in [0.1, 0.15) is 0 Å². The second-order valence-corrected chi connectivity index (χ2v) is 6.46. The molecule has 0 aliphatic rings. The average molecular weight is 367 g/mol. The van der Waals surface area contributed by atoms with Crippen molar-refractivity contribution in [2.24, 2.45) is 5.92 Å². The molecule has 2 aromatic rings. The lowest BCUT2D eigenvalue weighted by atomic mass is 10.1. The summed E-state index contributed by atoms with van der Waals surface area (Å²) in [6.07, 6.45) is 3.15. The van der Waals surface area contributed by atoms with Crippen LogP contribution in [0.3, 0.4) is 0 Å². The van der Waals surface area contributed by atoms with Crippen LogP contribution in [0.5, 0.6) is 11.5 Å². The zero-order chi connectivity index (χ0) is 19.8. The minimum Gasteiger partial charge on any atom is -0.493 e. The van der Waals surface area contributed by atoms with Gasteiger partial charge in [0.05, 0.1) is 13.0 Å². The summed E-state index contributed by atoms with van der Waals surface area (Å²) in [6.45, 7) is 6.02. The van der Waals surface area contributed by atoms with E-state index in [0.29, 0.717) is 18.0 Å². The summed E-state index contributed by atoms with van der Waals surface area (Å²) < 4.78 is 10.6. The predicted molar refractivity (Wildman–Crippen MR) is 106 cm³/mol. The van der Waals surface area contributed by atoms with Gasteiger partial charge in [-0.15, -0.1) is 0 Å². The summed E-state index contributed by atoms with van der Waals surface area (Å²) in [5, 5.41) is 2.86. The van der Waals surface area contributed by atoms with Crippen molar-refractivity contribution in [3.63, 3.8) is 0 Å². The molecule has 0 radical (unpaired) electrons. The average Bonchev–Trinajstić information content (AvgIpc) is 2.66. The first-order chi connectivity index (χ1) is 12.9. The van der Waals surface area contributed by atoms with Crippen molar-refractivity contribution in [1.82, 2.24) is 5.32 Å². The lowest BCUT2D eigenvalue weighted by molar-refractivity contribution is -0.137. The number of amides is 1. The minimum atomic E-state index is -0.327. The summed E-state index contributed by atoms with van der Waals surface area (Å²) in [5.41, 5.74) is 2.98. The van der Waals surface area contributed by atoms with E-state index < -0.39 is 0 Å². The lowest BCUT2D eigenvalue weighted by Crippen LogP contribution is -2.20. The largest absolute Gasteiger partial charge is 0.493 e. The summed E-state index contributed by atoms with van der Waals surface area (Å²) in [4.78, 5) is 23.8. The van der Waals surface area contributed by atoms with Gasteiger partial charge in [0.25, 0.3) is 0 Å². The van der Waals surface area contributed by atoms with Crippen LogP contribution in [0.1, 0.15) is 30.5 Å². The third-order valence-corrected chi connectivity index (χ3v) is 4.01. The fraction of sp³-hybridized carbons (Fsp3) is 0.273. The molecule has 0 atom stereocenters. The van der Waals surface area contributed by atoms with E-state index in [2.05, 4.69) is 5.32 Å². The van der Waals surface area contributed by atoms with Gasteiger partial charge in [-0.05, 0) is 41.8 Å². The van der Waals surface area contributed by atoms with Crippen LogP contribution in [0.25, 0.3) is 6.08 Å². The maximum absolute atomic E-state index is 12.0. The highest BCUT2D eigenvalue weighted by atomic mass is 16.6. The molecule has 0 aliphatic carbocycles. The molecule has 27 heavy (non-hydrogen) atoms. The van der Waals surface area contributed by atoms with E-state index in [1.165, 1.54) is 13.2 Å². The van der Waals surface area contributed by atoms with Crippen molar-refractivity contribution in [1.29, 1.82) is 0 Å². The molecule has 1 amide bonds. The Balaban J connectivity index is 2.00. The molecule has 0 aromatic heterocycles. The molecular formula is C22H25NO4. The molecule has 0 saturated heterocycles. The molecule has 0 aliphatic heterocycles. The highest BCUT2D eigenvalue weighted by Crippen LogP contribution is 2.29. The van der Waals surface area contributed by atoms with Crippen LogP contribution in [-0.2, 0) is 16.1 Å². The summed E-state index contributed by atoms with van der Waals surface area (Å²) in [5.74, 6) is 0.0507. The summed E-state index contributed by atoms with van der Waals surface area (Å²) in [6, 6.07) is 13.0. The Kier molecular flexibility index (Phi) is 7.17. The number of ether oxygens (including phenoxy) is 2. The summed E-state index contributed by atoms with van der Waals surface area (Å²) in [7, 11) is 1.50. The number of hydrogen-bond donors (Lipinski definition) is 1. The number of carbonyl (C=O) groups is 2. The Bertz CT molecular complexity index is 840. The molecule has 142 valence electrons. The first-order valence-corrected chi connectivity index (χ1v) is 8.81. The first kappa shape index (κ1) is 20.2. The maximum Gasteiger partial charge on any atom is 0.313 e. The molecule has 0 saturated carbocycles. The van der Waals surface area contributed by atoms with Crippen LogP contribution in [0.15, 0.2) is 48.5 Å². The molecule has 2 rings (SSSR count). The van der Waals surface area contributed by atoms with E-state index in [4.69, 9.17) is 9.47 Å². The molecule has 1 N–H and O–H groups in total. The van der Waals surface area contributed by atoms with Crippen molar-refractivity contribution in [2.75, 3.05) is 7.11 Å². The lowest BCUT2D eigenvalue weighted by Gasteiger charge is -2.11. The Morgan fingerprint density at radius 2 is 1.85 bits per heavy atom. The second kappa shape index (κ2) is 9.57. The molecule has 0 heterocycles. The van der Waals surface area contributed by atoms with Gasteiger partial charge in [-0.25, -0.2) is 0 Å². The Labute approximate surface area is 160 Å². The van der Waals surface area contributed by atoms with E-state index in [1.807, 2.05) is 31.2 Å². The van der Waals surface area contributed by atoms with Crippen molar-refractivity contribution in [3.8, 4) is 11.5 Å². The van der Waals surface area contributed by atoms with E-state index in [9.17, 15) is 9.59 Å². The minimum absolute atomic E-state index is 0.187. The monoisotopic (exact) mass is 367 g/mol. The maximum atomic E-state index is 12.0. The van der Waals surface area contributed by atoms with E-state index in [1.54, 1.807) is 38.1 Å². The van der Waals surface area contributed by atoms with Crippen LogP contribution in [0.2, 0.25) is 0 Å². The van der Waals surface area contributed by atoms with E-state index in [-0.39, 0.29) is 17.8 Å². The predicted octanol–water partition coefficient (Wildman–Crippen LogP) is 3.89. The standard InChI is InChI=1S/C22H25NO4/c1-15(2)22(25)27-19-11-9-17(13-20(19)26-4)10-12-21(24)23-14-18-8-6-5-7-16(18)3/h5-13,15H,14H2,1-4H3,(H,23,24)/b12-10+. The first-order valence-electron chi connectivity index (χ1n) is 8.81. The highest BCUT2D eigenvalue weighted by Gasteiger charge is 2.13. The van der Waals surface area contributed by atoms with Crippen LogP contribution >= 0.6 is 0 Å². The molecular weight excluding hydrogens is 342 g/mol. The smallest absolute Gasteiger partial charge is 0.313 e. The summed E-state index contributed by atoms with van der Waals surface area (Å²) >= 11 is 0. The van der Waals surface area contributed by atoms with Gasteiger partial charge in [0, 0.05) is 12.6 Å². The van der Waals surface area contributed by atoms with Gasteiger partial charge in [-0.1, -0.05) is 44.2 Å². The topological polar surface area (TPSA) is 64.6 Å².